The summed E-state index contributed by atoms with van der Waals surface area (Å²) in [6.07, 6.45) is 0.748. The van der Waals surface area contributed by atoms with Crippen molar-refractivity contribution in [2.45, 2.75) is 38.8 Å². The van der Waals surface area contributed by atoms with Crippen molar-refractivity contribution in [3.63, 3.8) is 0 Å². The largest absolute Gasteiger partial charge is 0.326 e. The summed E-state index contributed by atoms with van der Waals surface area (Å²) in [5, 5.41) is 2.60. The van der Waals surface area contributed by atoms with Gasteiger partial charge in [0.2, 0.25) is 0 Å². The predicted molar refractivity (Wildman–Crippen MR) is 52.6 cm³/mol. The Kier molecular flexibility index (Phi) is 2.80. The second-order valence-electron chi connectivity index (χ2n) is 4.14. The topological polar surface area (TPSA) is 75.4 Å². The van der Waals surface area contributed by atoms with E-state index in [-0.39, 0.29) is 18.0 Å². The molecule has 1 saturated heterocycles. The Labute approximate surface area is 83.6 Å². The van der Waals surface area contributed by atoms with Crippen molar-refractivity contribution in [1.82, 2.24) is 10.2 Å². The zero-order chi connectivity index (χ0) is 10.9. The molecule has 14 heavy (non-hydrogen) atoms. The van der Waals surface area contributed by atoms with Gasteiger partial charge in [-0.25, -0.2) is 4.79 Å². The normalized spacial score (nSPS) is 22.4. The van der Waals surface area contributed by atoms with E-state index in [9.17, 15) is 9.59 Å². The Bertz CT molecular complexity index is 263. The predicted octanol–water partition coefficient (Wildman–Crippen LogP) is 0.0541. The van der Waals surface area contributed by atoms with E-state index in [4.69, 9.17) is 5.73 Å². The van der Waals surface area contributed by atoms with Gasteiger partial charge in [-0.15, -0.1) is 0 Å². The van der Waals surface area contributed by atoms with Crippen LogP contribution in [-0.4, -0.2) is 35.0 Å². The summed E-state index contributed by atoms with van der Waals surface area (Å²) in [6.45, 7) is 5.59. The number of amides is 3. The Morgan fingerprint density at radius 2 is 2.07 bits per heavy atom. The van der Waals surface area contributed by atoms with Gasteiger partial charge in [0.25, 0.3) is 5.91 Å². The molecule has 0 aromatic carbocycles. The molecule has 0 aromatic rings. The van der Waals surface area contributed by atoms with Crippen LogP contribution in [0.1, 0.15) is 27.2 Å². The third-order valence-electron chi connectivity index (χ3n) is 2.39. The highest BCUT2D eigenvalue weighted by Crippen LogP contribution is 2.16. The molecule has 1 aliphatic heterocycles. The van der Waals surface area contributed by atoms with Crippen molar-refractivity contribution in [3.8, 4) is 0 Å². The molecule has 1 rings (SSSR count). The van der Waals surface area contributed by atoms with Crippen LogP contribution >= 0.6 is 0 Å². The molecule has 80 valence electrons. The first-order valence-corrected chi connectivity index (χ1v) is 4.78. The van der Waals surface area contributed by atoms with Gasteiger partial charge in [-0.3, -0.25) is 9.69 Å². The second kappa shape index (κ2) is 3.57. The molecule has 0 spiro atoms. The van der Waals surface area contributed by atoms with Gasteiger partial charge in [0.15, 0.2) is 0 Å². The van der Waals surface area contributed by atoms with E-state index in [2.05, 4.69) is 5.32 Å². The Hall–Kier alpha value is -1.10. The van der Waals surface area contributed by atoms with E-state index >= 15 is 0 Å². The fraction of sp³-hybridized carbons (Fsp3) is 0.778. The van der Waals surface area contributed by atoms with Crippen LogP contribution < -0.4 is 11.1 Å². The lowest BCUT2D eigenvalue weighted by Crippen LogP contribution is -2.43. The number of hydrogen-bond donors (Lipinski definition) is 2. The molecule has 1 fully saturated rings. The van der Waals surface area contributed by atoms with E-state index in [1.165, 1.54) is 4.90 Å². The lowest BCUT2D eigenvalue weighted by Gasteiger charge is -2.18. The molecule has 1 aliphatic rings. The van der Waals surface area contributed by atoms with Gasteiger partial charge in [-0.2, -0.15) is 0 Å². The smallest absolute Gasteiger partial charge is 0.325 e. The standard InChI is InChI=1S/C9H17N3O2/c1-4-6(10)5-12-7(13)9(2,3)11-8(12)14/h6H,4-5,10H2,1-3H3,(H,11,14)/t6-/m1/s1. The van der Waals surface area contributed by atoms with Crippen molar-refractivity contribution in [3.05, 3.63) is 0 Å². The van der Waals surface area contributed by atoms with Crippen molar-refractivity contribution in [2.75, 3.05) is 6.54 Å². The molecule has 0 aromatic heterocycles. The molecule has 5 nitrogen and oxygen atoms in total. The Morgan fingerprint density at radius 3 is 2.43 bits per heavy atom. The van der Waals surface area contributed by atoms with Crippen LogP contribution in [0.3, 0.4) is 0 Å². The molecule has 0 unspecified atom stereocenters. The average Bonchev–Trinajstić information content (AvgIpc) is 2.28. The first-order chi connectivity index (χ1) is 6.38. The Balaban J connectivity index is 2.71. The van der Waals surface area contributed by atoms with Gasteiger partial charge in [-0.1, -0.05) is 6.92 Å². The maximum Gasteiger partial charge on any atom is 0.325 e. The van der Waals surface area contributed by atoms with Gasteiger partial charge in [0.1, 0.15) is 5.54 Å². The molecular weight excluding hydrogens is 182 g/mol. The average molecular weight is 199 g/mol. The number of imide groups is 1. The minimum Gasteiger partial charge on any atom is -0.326 e. The summed E-state index contributed by atoms with van der Waals surface area (Å²) >= 11 is 0. The quantitative estimate of drug-likeness (QED) is 0.631. The molecule has 0 aliphatic carbocycles. The molecule has 1 atom stereocenters. The van der Waals surface area contributed by atoms with Crippen LogP contribution in [0.4, 0.5) is 4.79 Å². The highest BCUT2D eigenvalue weighted by Gasteiger charge is 2.44. The van der Waals surface area contributed by atoms with Gasteiger partial charge >= 0.3 is 6.03 Å². The summed E-state index contributed by atoms with van der Waals surface area (Å²) in [5.74, 6) is -0.202. The second-order valence-corrected chi connectivity index (χ2v) is 4.14. The van der Waals surface area contributed by atoms with Crippen LogP contribution in [-0.2, 0) is 4.79 Å². The maximum absolute atomic E-state index is 11.7. The number of nitrogens with zero attached hydrogens (tertiary/aromatic N) is 1. The SMILES string of the molecule is CC[C@@H](N)CN1C(=O)NC(C)(C)C1=O. The minimum atomic E-state index is -0.787. The van der Waals surface area contributed by atoms with Gasteiger partial charge in [0, 0.05) is 12.6 Å². The van der Waals surface area contributed by atoms with Crippen LogP contribution in [0.5, 0.6) is 0 Å². The molecule has 1 heterocycles. The van der Waals surface area contributed by atoms with E-state index < -0.39 is 5.54 Å². The number of nitrogens with one attached hydrogen (secondary N) is 1. The third kappa shape index (κ3) is 1.87. The van der Waals surface area contributed by atoms with Crippen LogP contribution in [0.2, 0.25) is 0 Å². The van der Waals surface area contributed by atoms with Crippen LogP contribution in [0, 0.1) is 0 Å². The lowest BCUT2D eigenvalue weighted by atomic mass is 10.1. The van der Waals surface area contributed by atoms with E-state index in [0.717, 1.165) is 6.42 Å². The number of carbonyl (C=O) groups excluding carboxylic acids is 2. The lowest BCUT2D eigenvalue weighted by molar-refractivity contribution is -0.130. The molecular formula is C9H17N3O2. The van der Waals surface area contributed by atoms with E-state index in [0.29, 0.717) is 6.54 Å². The van der Waals surface area contributed by atoms with Crippen molar-refractivity contribution >= 4 is 11.9 Å². The van der Waals surface area contributed by atoms with Crippen molar-refractivity contribution in [1.29, 1.82) is 0 Å². The van der Waals surface area contributed by atoms with E-state index in [1.54, 1.807) is 13.8 Å². The molecule has 5 heteroatoms. The third-order valence-corrected chi connectivity index (χ3v) is 2.39. The number of rotatable bonds is 3. The first kappa shape index (κ1) is 11.0. The molecule has 0 saturated carbocycles. The molecule has 3 amide bonds. The number of carbonyl (C=O) groups is 2. The van der Waals surface area contributed by atoms with Gasteiger partial charge < -0.3 is 11.1 Å². The molecule has 3 N–H and O–H groups in total. The van der Waals surface area contributed by atoms with Crippen molar-refractivity contribution in [2.24, 2.45) is 5.73 Å². The molecule has 0 bridgehead atoms. The number of hydrogen-bond acceptors (Lipinski definition) is 3. The van der Waals surface area contributed by atoms with E-state index in [1.807, 2.05) is 6.92 Å². The number of nitrogens with two attached hydrogens (primary N) is 1. The Morgan fingerprint density at radius 1 is 1.50 bits per heavy atom. The summed E-state index contributed by atoms with van der Waals surface area (Å²) in [7, 11) is 0. The summed E-state index contributed by atoms with van der Waals surface area (Å²) in [4.78, 5) is 24.3. The van der Waals surface area contributed by atoms with Gasteiger partial charge in [0.05, 0.1) is 0 Å². The zero-order valence-electron chi connectivity index (χ0n) is 8.83. The monoisotopic (exact) mass is 199 g/mol. The van der Waals surface area contributed by atoms with Crippen molar-refractivity contribution < 1.29 is 9.59 Å². The summed E-state index contributed by atoms with van der Waals surface area (Å²) < 4.78 is 0. The number of urea groups is 1. The van der Waals surface area contributed by atoms with Crippen LogP contribution in [0.25, 0.3) is 0 Å². The fourth-order valence-corrected chi connectivity index (χ4v) is 1.35. The minimum absolute atomic E-state index is 0.140. The van der Waals surface area contributed by atoms with Gasteiger partial charge in [-0.05, 0) is 20.3 Å². The highest BCUT2D eigenvalue weighted by atomic mass is 16.2. The zero-order valence-corrected chi connectivity index (χ0v) is 8.83. The summed E-state index contributed by atoms with van der Waals surface area (Å²) in [5.41, 5.74) is 4.90. The fourth-order valence-electron chi connectivity index (χ4n) is 1.35. The highest BCUT2D eigenvalue weighted by molar-refractivity contribution is 6.06. The first-order valence-electron chi connectivity index (χ1n) is 4.78. The van der Waals surface area contributed by atoms with Crippen LogP contribution in [0.15, 0.2) is 0 Å². The summed E-state index contributed by atoms with van der Waals surface area (Å²) in [6, 6.07) is -0.484. The molecule has 0 radical (unpaired) electrons. The maximum atomic E-state index is 11.7.